The van der Waals surface area contributed by atoms with Gasteiger partial charge in [0, 0.05) is 18.5 Å². The Balaban J connectivity index is 1.99. The molecule has 0 spiro atoms. The number of carboxylic acids is 1. The van der Waals surface area contributed by atoms with E-state index < -0.39 is 5.97 Å². The summed E-state index contributed by atoms with van der Waals surface area (Å²) < 4.78 is 0. The maximum absolute atomic E-state index is 12.2. The molecule has 0 unspecified atom stereocenters. The van der Waals surface area contributed by atoms with Crippen LogP contribution in [0.4, 0.5) is 0 Å². The number of carbonyl (C=O) groups is 2. The molecule has 0 aliphatic carbocycles. The summed E-state index contributed by atoms with van der Waals surface area (Å²) in [5.41, 5.74) is 2.29. The van der Waals surface area contributed by atoms with Gasteiger partial charge < -0.3 is 10.0 Å². The van der Waals surface area contributed by atoms with Crippen molar-refractivity contribution in [2.75, 3.05) is 13.1 Å². The fourth-order valence-corrected chi connectivity index (χ4v) is 2.57. The molecular weight excluding hydrogens is 278 g/mol. The van der Waals surface area contributed by atoms with Crippen LogP contribution in [0.15, 0.2) is 29.8 Å². The predicted molar refractivity (Wildman–Crippen MR) is 86.6 cm³/mol. The average Bonchev–Trinajstić information content (AvgIpc) is 2.47. The smallest absolute Gasteiger partial charge is 0.335 e. The van der Waals surface area contributed by atoms with Gasteiger partial charge in [0.05, 0.1) is 5.56 Å². The van der Waals surface area contributed by atoms with Gasteiger partial charge in [-0.15, -0.1) is 0 Å². The van der Waals surface area contributed by atoms with Gasteiger partial charge in [0.15, 0.2) is 0 Å². The molecule has 1 aliphatic heterocycles. The van der Waals surface area contributed by atoms with Gasteiger partial charge >= 0.3 is 5.97 Å². The number of aromatic carboxylic acids is 1. The fourth-order valence-electron chi connectivity index (χ4n) is 2.57. The first-order valence-electron chi connectivity index (χ1n) is 7.59. The highest BCUT2D eigenvalue weighted by molar-refractivity contribution is 5.87. The fraction of sp³-hybridized carbons (Fsp3) is 0.444. The van der Waals surface area contributed by atoms with E-state index in [4.69, 9.17) is 5.11 Å². The predicted octanol–water partition coefficient (Wildman–Crippen LogP) is 3.44. The Morgan fingerprint density at radius 1 is 1.09 bits per heavy atom. The Morgan fingerprint density at radius 2 is 1.64 bits per heavy atom. The van der Waals surface area contributed by atoms with Crippen molar-refractivity contribution in [3.05, 3.63) is 41.0 Å². The average molecular weight is 301 g/mol. The molecule has 1 aliphatic rings. The van der Waals surface area contributed by atoms with E-state index >= 15 is 0 Å². The van der Waals surface area contributed by atoms with Crippen LogP contribution in [0, 0.1) is 5.41 Å². The molecular formula is C18H23NO3. The molecule has 0 aromatic heterocycles. The number of hydrogen-bond donors (Lipinski definition) is 1. The van der Waals surface area contributed by atoms with E-state index in [-0.39, 0.29) is 11.3 Å². The van der Waals surface area contributed by atoms with Crippen LogP contribution in [0.5, 0.6) is 0 Å². The van der Waals surface area contributed by atoms with Crippen molar-refractivity contribution in [1.29, 1.82) is 0 Å². The number of carbonyl (C=O) groups excluding carboxylic acids is 1. The number of piperidine rings is 1. The molecule has 1 aromatic carbocycles. The molecule has 0 saturated carbocycles. The number of rotatable bonds is 2. The van der Waals surface area contributed by atoms with Gasteiger partial charge in [0.25, 0.3) is 0 Å². The Morgan fingerprint density at radius 3 is 2.09 bits per heavy atom. The van der Waals surface area contributed by atoms with E-state index in [0.29, 0.717) is 5.56 Å². The molecule has 1 heterocycles. The van der Waals surface area contributed by atoms with Crippen LogP contribution < -0.4 is 0 Å². The summed E-state index contributed by atoms with van der Waals surface area (Å²) in [6, 6.07) is 6.88. The Kier molecular flexibility index (Phi) is 4.69. The lowest BCUT2D eigenvalue weighted by atomic mass is 9.92. The molecule has 1 aromatic rings. The summed E-state index contributed by atoms with van der Waals surface area (Å²) in [6.45, 7) is 7.37. The second-order valence-corrected chi connectivity index (χ2v) is 6.77. The van der Waals surface area contributed by atoms with Crippen LogP contribution in [0.25, 0.3) is 6.08 Å². The van der Waals surface area contributed by atoms with E-state index in [1.165, 1.54) is 5.57 Å². The Labute approximate surface area is 131 Å². The molecule has 1 N–H and O–H groups in total. The molecule has 0 atom stereocenters. The Hall–Kier alpha value is -2.10. The number of benzene rings is 1. The van der Waals surface area contributed by atoms with Gasteiger partial charge in [0.2, 0.25) is 5.91 Å². The topological polar surface area (TPSA) is 57.6 Å². The van der Waals surface area contributed by atoms with Gasteiger partial charge in [-0.25, -0.2) is 4.79 Å². The van der Waals surface area contributed by atoms with Crippen LogP contribution >= 0.6 is 0 Å². The molecule has 1 saturated heterocycles. The summed E-state index contributed by atoms with van der Waals surface area (Å²) in [6.07, 6.45) is 3.86. The van der Waals surface area contributed by atoms with Crippen molar-refractivity contribution < 1.29 is 14.7 Å². The summed E-state index contributed by atoms with van der Waals surface area (Å²) in [7, 11) is 0. The van der Waals surface area contributed by atoms with E-state index in [1.807, 2.05) is 37.8 Å². The highest BCUT2D eigenvalue weighted by atomic mass is 16.4. The third kappa shape index (κ3) is 3.97. The van der Waals surface area contributed by atoms with Gasteiger partial charge in [-0.3, -0.25) is 4.79 Å². The minimum absolute atomic E-state index is 0.206. The van der Waals surface area contributed by atoms with Crippen molar-refractivity contribution in [1.82, 2.24) is 4.90 Å². The van der Waals surface area contributed by atoms with Gasteiger partial charge in [-0.05, 0) is 30.5 Å². The zero-order valence-corrected chi connectivity index (χ0v) is 13.4. The van der Waals surface area contributed by atoms with Crippen LogP contribution in [-0.4, -0.2) is 35.0 Å². The number of nitrogens with zero attached hydrogens (tertiary/aromatic N) is 1. The molecule has 4 nitrogen and oxygen atoms in total. The third-order valence-corrected chi connectivity index (χ3v) is 3.86. The molecule has 118 valence electrons. The second-order valence-electron chi connectivity index (χ2n) is 6.77. The van der Waals surface area contributed by atoms with Crippen molar-refractivity contribution in [2.45, 2.75) is 33.6 Å². The lowest BCUT2D eigenvalue weighted by Crippen LogP contribution is -2.42. The number of hydrogen-bond acceptors (Lipinski definition) is 2. The van der Waals surface area contributed by atoms with Crippen molar-refractivity contribution in [2.24, 2.45) is 5.41 Å². The summed E-state index contributed by atoms with van der Waals surface area (Å²) in [5.74, 6) is -0.703. The standard InChI is InChI=1S/C18H23NO3/c1-18(2,3)17(22)19-10-8-14(9-11-19)12-13-4-6-15(7-5-13)16(20)21/h4-7,12H,8-11H2,1-3H3,(H,20,21). The molecule has 0 bridgehead atoms. The molecule has 1 fully saturated rings. The highest BCUT2D eigenvalue weighted by Crippen LogP contribution is 2.24. The largest absolute Gasteiger partial charge is 0.478 e. The van der Waals surface area contributed by atoms with E-state index in [1.54, 1.807) is 12.1 Å². The van der Waals surface area contributed by atoms with Crippen LogP contribution in [0.3, 0.4) is 0 Å². The Bertz CT molecular complexity index is 584. The normalized spacial score (nSPS) is 15.6. The monoisotopic (exact) mass is 301 g/mol. The molecule has 1 amide bonds. The van der Waals surface area contributed by atoms with E-state index in [0.717, 1.165) is 31.5 Å². The molecule has 4 heteroatoms. The van der Waals surface area contributed by atoms with E-state index in [2.05, 4.69) is 6.08 Å². The SMILES string of the molecule is CC(C)(C)C(=O)N1CCC(=Cc2ccc(C(=O)O)cc2)CC1. The van der Waals surface area contributed by atoms with E-state index in [9.17, 15) is 9.59 Å². The van der Waals surface area contributed by atoms with Crippen LogP contribution in [0.1, 0.15) is 49.5 Å². The quantitative estimate of drug-likeness (QED) is 0.910. The number of likely N-dealkylation sites (tertiary alicyclic amines) is 1. The summed E-state index contributed by atoms with van der Waals surface area (Å²) >= 11 is 0. The number of carboxylic acid groups (broad SMARTS) is 1. The highest BCUT2D eigenvalue weighted by Gasteiger charge is 2.28. The summed E-state index contributed by atoms with van der Waals surface area (Å²) in [4.78, 5) is 25.0. The maximum Gasteiger partial charge on any atom is 0.335 e. The molecule has 2 rings (SSSR count). The number of amides is 1. The second kappa shape index (κ2) is 6.34. The zero-order valence-electron chi connectivity index (χ0n) is 13.4. The first kappa shape index (κ1) is 16.3. The van der Waals surface area contributed by atoms with Crippen LogP contribution in [0.2, 0.25) is 0 Å². The van der Waals surface area contributed by atoms with Gasteiger partial charge in [0.1, 0.15) is 0 Å². The van der Waals surface area contributed by atoms with Gasteiger partial charge in [-0.2, -0.15) is 0 Å². The first-order chi connectivity index (χ1) is 10.3. The minimum Gasteiger partial charge on any atom is -0.478 e. The van der Waals surface area contributed by atoms with Gasteiger partial charge in [-0.1, -0.05) is 44.6 Å². The van der Waals surface area contributed by atoms with Crippen molar-refractivity contribution in [3.63, 3.8) is 0 Å². The van der Waals surface area contributed by atoms with Crippen molar-refractivity contribution in [3.8, 4) is 0 Å². The lowest BCUT2D eigenvalue weighted by molar-refractivity contribution is -0.139. The summed E-state index contributed by atoms with van der Waals surface area (Å²) in [5, 5.41) is 8.89. The molecule has 22 heavy (non-hydrogen) atoms. The van der Waals surface area contributed by atoms with Crippen LogP contribution in [-0.2, 0) is 4.79 Å². The molecule has 0 radical (unpaired) electrons. The maximum atomic E-state index is 12.2. The lowest BCUT2D eigenvalue weighted by Gasteiger charge is -2.33. The minimum atomic E-state index is -0.909. The third-order valence-electron chi connectivity index (χ3n) is 3.86. The van der Waals surface area contributed by atoms with Crippen molar-refractivity contribution >= 4 is 18.0 Å². The first-order valence-corrected chi connectivity index (χ1v) is 7.59. The zero-order chi connectivity index (χ0) is 16.3.